The third-order valence-corrected chi connectivity index (χ3v) is 8.03. The van der Waals surface area contributed by atoms with E-state index in [9.17, 15) is 9.59 Å². The maximum atomic E-state index is 12.7. The summed E-state index contributed by atoms with van der Waals surface area (Å²) in [7, 11) is 0. The summed E-state index contributed by atoms with van der Waals surface area (Å²) in [5.41, 5.74) is 2.03. The van der Waals surface area contributed by atoms with Crippen LogP contribution in [0.15, 0.2) is 34.1 Å². The van der Waals surface area contributed by atoms with Gasteiger partial charge in [-0.05, 0) is 0 Å². The Labute approximate surface area is 160 Å². The molecule has 0 N–H and O–H groups in total. The number of Topliss-reactive ketones (excluding diaryl/α,β-unsaturated/α-hetero) is 2. The van der Waals surface area contributed by atoms with Gasteiger partial charge in [-0.2, -0.15) is 0 Å². The van der Waals surface area contributed by atoms with Gasteiger partial charge in [-0.1, -0.05) is 0 Å². The van der Waals surface area contributed by atoms with Crippen LogP contribution >= 0.6 is 23.5 Å². The molecular weight excluding hydrogens is 350 g/mol. The Morgan fingerprint density at radius 3 is 2.32 bits per heavy atom. The fourth-order valence-corrected chi connectivity index (χ4v) is 5.50. The summed E-state index contributed by atoms with van der Waals surface area (Å²) >= 11 is 3.05. The Morgan fingerprint density at radius 1 is 1.16 bits per heavy atom. The number of hydrogen-bond donors (Lipinski definition) is 0. The molecule has 0 radical (unpaired) electrons. The Balaban J connectivity index is 2.76. The van der Waals surface area contributed by atoms with Gasteiger partial charge in [0.25, 0.3) is 0 Å². The van der Waals surface area contributed by atoms with Crippen molar-refractivity contribution in [2.24, 2.45) is 0 Å². The van der Waals surface area contributed by atoms with Crippen LogP contribution in [-0.2, 0) is 3.28 Å². The third kappa shape index (κ3) is 2.77. The molecule has 2 nitrogen and oxygen atoms in total. The fraction of sp³-hybridized carbons (Fsp3) is 0.286. The average Bonchev–Trinajstić information content (AvgIpc) is 2.42. The topological polar surface area (TPSA) is 34.1 Å². The minimum atomic E-state index is -0.432. The van der Waals surface area contributed by atoms with Gasteiger partial charge in [0.15, 0.2) is 0 Å². The zero-order chi connectivity index (χ0) is 14.2. The summed E-state index contributed by atoms with van der Waals surface area (Å²) < 4.78 is 0.405. The van der Waals surface area contributed by atoms with Crippen LogP contribution in [0, 0.1) is 0 Å². The molecule has 1 atom stereocenters. The third-order valence-electron chi connectivity index (χ3n) is 3.44. The number of fused-ring (bicyclic) bond motifs is 1. The van der Waals surface area contributed by atoms with Gasteiger partial charge >= 0.3 is 163 Å². The van der Waals surface area contributed by atoms with Crippen molar-refractivity contribution in [1.29, 1.82) is 0 Å². The van der Waals surface area contributed by atoms with Gasteiger partial charge in [-0.3, -0.25) is 0 Å². The number of hydrogen-bond acceptors (Lipinski definition) is 4. The summed E-state index contributed by atoms with van der Waals surface area (Å²) in [6.07, 6.45) is 3.83. The summed E-state index contributed by atoms with van der Waals surface area (Å²) in [5, 5.41) is 0. The van der Waals surface area contributed by atoms with Crippen molar-refractivity contribution >= 4 is 90.6 Å². The van der Waals surface area contributed by atoms with E-state index in [1.165, 1.54) is 23.5 Å². The molecule has 0 saturated heterocycles. The number of benzene rings is 1. The fourth-order valence-electron chi connectivity index (χ4n) is 2.37. The second kappa shape index (κ2) is 6.28. The van der Waals surface area contributed by atoms with Gasteiger partial charge in [0.2, 0.25) is 0 Å². The Hall–Kier alpha value is 0.805. The van der Waals surface area contributed by atoms with Crippen molar-refractivity contribution in [3.05, 3.63) is 45.2 Å². The zero-order valence-electron chi connectivity index (χ0n) is 11.4. The van der Waals surface area contributed by atoms with E-state index in [0.717, 1.165) is 9.80 Å². The Kier molecular flexibility index (Phi) is 5.35. The van der Waals surface area contributed by atoms with Crippen molar-refractivity contribution in [1.82, 2.24) is 0 Å². The molecule has 94 valence electrons. The molecule has 0 amide bonds. The van der Waals surface area contributed by atoms with Crippen molar-refractivity contribution in [2.75, 3.05) is 12.5 Å². The van der Waals surface area contributed by atoms with Crippen LogP contribution in [0.4, 0.5) is 0 Å². The molecule has 0 fully saturated rings. The molecule has 1 aromatic rings. The van der Waals surface area contributed by atoms with Gasteiger partial charge in [-0.25, -0.2) is 0 Å². The van der Waals surface area contributed by atoms with Crippen molar-refractivity contribution < 1.29 is 9.59 Å². The van der Waals surface area contributed by atoms with Crippen LogP contribution in [0.5, 0.6) is 0 Å². The van der Waals surface area contributed by atoms with Gasteiger partial charge in [-0.15, -0.1) is 0 Å². The summed E-state index contributed by atoms with van der Waals surface area (Å²) in [6.45, 7) is 1.98. The van der Waals surface area contributed by atoms with E-state index in [1.807, 2.05) is 43.7 Å². The first-order chi connectivity index (χ1) is 8.95. The first kappa shape index (κ1) is 16.2. The molecule has 0 bridgehead atoms. The number of allylic oxidation sites excluding steroid dienone is 1. The first-order valence-corrected chi connectivity index (χ1v) is 10.9. The molecule has 2 rings (SSSR count). The van der Waals surface area contributed by atoms with Crippen LogP contribution in [0.2, 0.25) is 0 Å². The van der Waals surface area contributed by atoms with Gasteiger partial charge in [0.05, 0.1) is 0 Å². The van der Waals surface area contributed by atoms with Crippen LogP contribution in [0.25, 0.3) is 0 Å². The van der Waals surface area contributed by atoms with Crippen LogP contribution in [0.1, 0.15) is 22.8 Å². The van der Waals surface area contributed by atoms with Gasteiger partial charge in [0.1, 0.15) is 0 Å². The van der Waals surface area contributed by atoms with Crippen LogP contribution in [0.3, 0.4) is 0 Å². The molecule has 0 aliphatic heterocycles. The number of ketones is 2. The Morgan fingerprint density at radius 2 is 1.74 bits per heavy atom. The van der Waals surface area contributed by atoms with Crippen LogP contribution in [-0.4, -0.2) is 79.6 Å². The number of rotatable bonds is 2. The minimum absolute atomic E-state index is 0.0192. The van der Waals surface area contributed by atoms with E-state index >= 15 is 0 Å². The molecule has 1 aliphatic rings. The SMILES string of the molecule is CSC(SC)=C1C(=O)c2ccccc2[C](C)([Rb])C1=O. The monoisotopic (exact) mass is 362 g/mol. The second-order valence-corrected chi connectivity index (χ2v) is 11.7. The molecule has 1 aromatic carbocycles. The van der Waals surface area contributed by atoms with E-state index in [-0.39, 0.29) is 67.1 Å². The molecule has 5 heteroatoms. The maximum absolute atomic E-state index is 12.7. The molecule has 1 aliphatic carbocycles. The molecule has 0 saturated carbocycles. The van der Waals surface area contributed by atoms with E-state index in [0.29, 0.717) is 11.1 Å². The Bertz CT molecular complexity index is 585. The molecule has 0 spiro atoms. The van der Waals surface area contributed by atoms with E-state index in [2.05, 4.69) is 0 Å². The normalized spacial score (nSPS) is 22.5. The van der Waals surface area contributed by atoms with Gasteiger partial charge < -0.3 is 0 Å². The van der Waals surface area contributed by atoms with E-state index in [1.54, 1.807) is 0 Å². The van der Waals surface area contributed by atoms with Crippen LogP contribution < -0.4 is 0 Å². The number of carbonyl (C=O) groups excluding carboxylic acids is 2. The molecule has 0 aromatic heterocycles. The molecule has 0 heterocycles. The quantitative estimate of drug-likeness (QED) is 0.598. The summed E-state index contributed by atoms with van der Waals surface area (Å²) in [5.74, 6) is -0.0874. The first-order valence-electron chi connectivity index (χ1n) is 5.96. The average molecular weight is 363 g/mol. The van der Waals surface area contributed by atoms with Crippen molar-refractivity contribution in [3.8, 4) is 0 Å². The predicted octanol–water partition coefficient (Wildman–Crippen LogP) is 2.77. The molecular formula is C14H13O2RbS2. The summed E-state index contributed by atoms with van der Waals surface area (Å²) in [6, 6.07) is 7.55. The summed E-state index contributed by atoms with van der Waals surface area (Å²) in [4.78, 5) is 25.3. The van der Waals surface area contributed by atoms with Crippen molar-refractivity contribution in [2.45, 2.75) is 5.41 Å². The number of thioether (sulfide) groups is 2. The molecule has 19 heavy (non-hydrogen) atoms. The van der Waals surface area contributed by atoms with Crippen molar-refractivity contribution in [3.63, 3.8) is 0 Å². The zero-order valence-corrected chi connectivity index (χ0v) is 18.0. The van der Waals surface area contributed by atoms with E-state index < -0.39 is -1.52 Å². The number of carbonyl (C=O) groups is 2. The van der Waals surface area contributed by atoms with E-state index in [4.69, 9.17) is 0 Å². The van der Waals surface area contributed by atoms with Gasteiger partial charge in [0, 0.05) is 0 Å². The molecule has 1 unspecified atom stereocenters. The second-order valence-electron chi connectivity index (χ2n) is 4.90. The predicted molar refractivity (Wildman–Crippen MR) is 82.9 cm³/mol. The standard InChI is InChI=1S/C14H13O2S2.Rb/c1-8-9-6-4-5-7-10(9)13(16)11(12(8)15)14(17-2)18-3;/h4-7H,1-3H3;.